The molecule has 4 aromatic carbocycles. The van der Waals surface area contributed by atoms with Crippen LogP contribution in [0.25, 0.3) is 12.2 Å². The zero-order chi connectivity index (χ0) is 30.4. The summed E-state index contributed by atoms with van der Waals surface area (Å²) in [6, 6.07) is 29.4. The van der Waals surface area contributed by atoms with Crippen LogP contribution in [0.15, 0.2) is 117 Å². The number of rotatable bonds is 12. The molecule has 0 aliphatic carbocycles. The number of methoxy groups -OCH3 is 1. The first-order chi connectivity index (χ1) is 20.9. The van der Waals surface area contributed by atoms with E-state index in [1.807, 2.05) is 84.9 Å². The molecule has 0 saturated heterocycles. The van der Waals surface area contributed by atoms with E-state index in [0.717, 1.165) is 48.1 Å². The molecular weight excluding hydrogens is 672 g/mol. The van der Waals surface area contributed by atoms with Crippen LogP contribution in [0.1, 0.15) is 27.8 Å². The molecule has 0 radical (unpaired) electrons. The van der Waals surface area contributed by atoms with Gasteiger partial charge in [-0.15, -0.1) is 0 Å². The molecule has 0 amide bonds. The second-order valence-corrected chi connectivity index (χ2v) is 11.2. The fourth-order valence-corrected chi connectivity index (χ4v) is 4.71. The minimum absolute atomic E-state index is 0.255. The first-order valence-electron chi connectivity index (χ1n) is 13.5. The molecule has 0 saturated carbocycles. The Morgan fingerprint density at radius 2 is 1.53 bits per heavy atom. The molecule has 0 aliphatic heterocycles. The van der Waals surface area contributed by atoms with E-state index in [0.29, 0.717) is 13.0 Å². The summed E-state index contributed by atoms with van der Waals surface area (Å²) in [7, 11) is 1.35. The highest BCUT2D eigenvalue weighted by molar-refractivity contribution is 9.10. The van der Waals surface area contributed by atoms with E-state index >= 15 is 0 Å². The number of hydrogen-bond donors (Lipinski definition) is 1. The van der Waals surface area contributed by atoms with Gasteiger partial charge in [-0.2, -0.15) is 0 Å². The predicted molar refractivity (Wildman–Crippen MR) is 180 cm³/mol. The lowest BCUT2D eigenvalue weighted by Gasteiger charge is -2.11. The van der Waals surface area contributed by atoms with Gasteiger partial charge in [-0.25, -0.2) is 9.59 Å². The molecule has 0 aromatic heterocycles. The van der Waals surface area contributed by atoms with Crippen molar-refractivity contribution in [3.8, 4) is 0 Å². The van der Waals surface area contributed by atoms with Crippen LogP contribution in [0.5, 0.6) is 0 Å². The molecule has 0 atom stereocenters. The summed E-state index contributed by atoms with van der Waals surface area (Å²) in [5, 5.41) is 3.41. The van der Waals surface area contributed by atoms with Crippen molar-refractivity contribution in [2.24, 2.45) is 4.99 Å². The van der Waals surface area contributed by atoms with Crippen molar-refractivity contribution in [2.75, 3.05) is 19.0 Å². The van der Waals surface area contributed by atoms with Gasteiger partial charge in [-0.3, -0.25) is 4.99 Å². The second kappa shape index (κ2) is 16.4. The van der Waals surface area contributed by atoms with E-state index in [9.17, 15) is 9.59 Å². The number of carbonyl (C=O) groups excluding carboxylic acids is 2. The minimum atomic E-state index is -0.404. The highest BCUT2D eigenvalue weighted by Crippen LogP contribution is 2.21. The van der Waals surface area contributed by atoms with Gasteiger partial charge in [0.15, 0.2) is 0 Å². The molecule has 8 heteroatoms. The van der Waals surface area contributed by atoms with Gasteiger partial charge in [-0.1, -0.05) is 80.4 Å². The van der Waals surface area contributed by atoms with Crippen LogP contribution in [-0.2, 0) is 32.0 Å². The Morgan fingerprint density at radius 1 is 0.814 bits per heavy atom. The molecule has 0 aliphatic rings. The third-order valence-electron chi connectivity index (χ3n) is 6.24. The van der Waals surface area contributed by atoms with Gasteiger partial charge in [0.2, 0.25) is 0 Å². The molecule has 4 rings (SSSR count). The average molecular weight is 702 g/mol. The normalized spacial score (nSPS) is 11.3. The number of aliphatic imine (C=N–C) groups is 1. The Kier molecular flexibility index (Phi) is 12.1. The molecule has 0 heterocycles. The number of hydrogen-bond acceptors (Lipinski definition) is 6. The Morgan fingerprint density at radius 3 is 2.30 bits per heavy atom. The van der Waals surface area contributed by atoms with Crippen LogP contribution in [0.3, 0.4) is 0 Å². The topological polar surface area (TPSA) is 77.0 Å². The van der Waals surface area contributed by atoms with Crippen LogP contribution in [0.4, 0.5) is 11.4 Å². The molecule has 1 N–H and O–H groups in total. The van der Waals surface area contributed by atoms with Gasteiger partial charge in [-0.05, 0) is 82.4 Å². The molecule has 6 nitrogen and oxygen atoms in total. The first-order valence-corrected chi connectivity index (χ1v) is 15.1. The lowest BCUT2D eigenvalue weighted by Crippen LogP contribution is -2.06. The SMILES string of the molecule is COC(=O)C=Cc1cccc(NCc2ccc(Br)c(CCOC(=O)C=Cc3cccc(N=Cc4ccc(Br)cc4)c3)c2)c1. The van der Waals surface area contributed by atoms with Gasteiger partial charge in [0.25, 0.3) is 0 Å². The second-order valence-electron chi connectivity index (χ2n) is 9.42. The van der Waals surface area contributed by atoms with Crippen molar-refractivity contribution in [1.82, 2.24) is 0 Å². The Balaban J connectivity index is 1.26. The summed E-state index contributed by atoms with van der Waals surface area (Å²) in [4.78, 5) is 28.3. The van der Waals surface area contributed by atoms with Gasteiger partial charge < -0.3 is 14.8 Å². The van der Waals surface area contributed by atoms with E-state index in [4.69, 9.17) is 4.74 Å². The van der Waals surface area contributed by atoms with Gasteiger partial charge in [0, 0.05) is 46.0 Å². The number of esters is 2. The number of halogens is 2. The molecule has 0 bridgehead atoms. The van der Waals surface area contributed by atoms with Crippen molar-refractivity contribution in [1.29, 1.82) is 0 Å². The molecule has 4 aromatic rings. The molecule has 0 spiro atoms. The maximum atomic E-state index is 12.4. The predicted octanol–water partition coefficient (Wildman–Crippen LogP) is 8.56. The Bertz CT molecular complexity index is 1650. The highest BCUT2D eigenvalue weighted by Gasteiger charge is 2.05. The monoisotopic (exact) mass is 700 g/mol. The lowest BCUT2D eigenvalue weighted by molar-refractivity contribution is -0.137. The number of nitrogens with one attached hydrogen (secondary N) is 1. The van der Waals surface area contributed by atoms with E-state index in [1.54, 1.807) is 18.4 Å². The van der Waals surface area contributed by atoms with Crippen LogP contribution in [0.2, 0.25) is 0 Å². The quantitative estimate of drug-likeness (QED) is 0.0910. The van der Waals surface area contributed by atoms with E-state index in [1.165, 1.54) is 19.3 Å². The van der Waals surface area contributed by atoms with E-state index in [-0.39, 0.29) is 6.61 Å². The fraction of sp³-hybridized carbons (Fsp3) is 0.114. The number of nitrogens with zero attached hydrogens (tertiary/aromatic N) is 1. The van der Waals surface area contributed by atoms with Crippen molar-refractivity contribution >= 4 is 73.5 Å². The molecular formula is C35H30Br2N2O4. The third-order valence-corrected chi connectivity index (χ3v) is 7.54. The van der Waals surface area contributed by atoms with Crippen LogP contribution < -0.4 is 5.32 Å². The minimum Gasteiger partial charge on any atom is -0.466 e. The van der Waals surface area contributed by atoms with Gasteiger partial charge >= 0.3 is 11.9 Å². The summed E-state index contributed by atoms with van der Waals surface area (Å²) < 4.78 is 12.1. The fourth-order valence-electron chi connectivity index (χ4n) is 4.00. The Labute approximate surface area is 268 Å². The summed E-state index contributed by atoms with van der Waals surface area (Å²) in [6.07, 6.45) is 8.64. The largest absolute Gasteiger partial charge is 0.466 e. The smallest absolute Gasteiger partial charge is 0.330 e. The average Bonchev–Trinajstić information content (AvgIpc) is 3.03. The lowest BCUT2D eigenvalue weighted by atomic mass is 10.1. The maximum absolute atomic E-state index is 12.4. The summed E-state index contributed by atoms with van der Waals surface area (Å²) in [6.45, 7) is 0.865. The molecule has 43 heavy (non-hydrogen) atoms. The summed E-state index contributed by atoms with van der Waals surface area (Å²) in [5.74, 6) is -0.801. The molecule has 218 valence electrons. The van der Waals surface area contributed by atoms with Crippen LogP contribution >= 0.6 is 31.9 Å². The maximum Gasteiger partial charge on any atom is 0.330 e. The van der Waals surface area contributed by atoms with Crippen molar-refractivity contribution < 1.29 is 19.1 Å². The van der Waals surface area contributed by atoms with Gasteiger partial charge in [0.05, 0.1) is 19.4 Å². The summed E-state index contributed by atoms with van der Waals surface area (Å²) >= 11 is 7.03. The first kappa shape index (κ1) is 31.7. The number of ether oxygens (including phenoxy) is 2. The van der Waals surface area contributed by atoms with E-state index in [2.05, 4.69) is 53.0 Å². The van der Waals surface area contributed by atoms with Gasteiger partial charge in [0.1, 0.15) is 0 Å². The van der Waals surface area contributed by atoms with Crippen molar-refractivity contribution in [2.45, 2.75) is 13.0 Å². The number of anilines is 1. The molecule has 0 fully saturated rings. The highest BCUT2D eigenvalue weighted by atomic mass is 79.9. The standard InChI is InChI=1S/C35H30Br2N2O4/c1-42-34(40)16-11-25-4-2-7-32(21-25)39-24-28-10-15-33(37)29(20-28)18-19-43-35(41)17-12-26-5-3-6-31(22-26)38-23-27-8-13-30(36)14-9-27/h2-17,20-23,39H,18-19,24H2,1H3. The van der Waals surface area contributed by atoms with Crippen molar-refractivity contribution in [3.05, 3.63) is 140 Å². The molecule has 0 unspecified atom stereocenters. The third kappa shape index (κ3) is 10.8. The number of benzene rings is 4. The van der Waals surface area contributed by atoms with Crippen molar-refractivity contribution in [3.63, 3.8) is 0 Å². The van der Waals surface area contributed by atoms with E-state index < -0.39 is 11.9 Å². The number of carbonyl (C=O) groups is 2. The zero-order valence-electron chi connectivity index (χ0n) is 23.5. The summed E-state index contributed by atoms with van der Waals surface area (Å²) in [5.41, 5.74) is 6.60. The zero-order valence-corrected chi connectivity index (χ0v) is 26.7. The van der Waals surface area contributed by atoms with Crippen LogP contribution in [0, 0.1) is 0 Å². The van der Waals surface area contributed by atoms with Crippen LogP contribution in [-0.4, -0.2) is 31.9 Å². The Hall–Kier alpha value is -4.27.